The number of aromatic nitrogens is 3. The van der Waals surface area contributed by atoms with Crippen molar-refractivity contribution in [1.82, 2.24) is 20.1 Å². The van der Waals surface area contributed by atoms with E-state index in [1.54, 1.807) is 12.7 Å². The van der Waals surface area contributed by atoms with E-state index in [9.17, 15) is 0 Å². The molecular formula is C11H20N4. The molecule has 1 aromatic heterocycles. The van der Waals surface area contributed by atoms with E-state index in [2.05, 4.69) is 22.3 Å². The third kappa shape index (κ3) is 3.30. The minimum Gasteiger partial charge on any atom is -0.312 e. The summed E-state index contributed by atoms with van der Waals surface area (Å²) in [4.78, 5) is 3.92. The first-order chi connectivity index (χ1) is 7.34. The Morgan fingerprint density at radius 1 is 1.47 bits per heavy atom. The fraction of sp³-hybridized carbons (Fsp3) is 0.818. The lowest BCUT2D eigenvalue weighted by Crippen LogP contribution is -2.35. The largest absolute Gasteiger partial charge is 0.312 e. The van der Waals surface area contributed by atoms with Gasteiger partial charge in [0, 0.05) is 12.6 Å². The summed E-state index contributed by atoms with van der Waals surface area (Å²) in [5.41, 5.74) is 0. The smallest absolute Gasteiger partial charge is 0.137 e. The molecule has 0 aromatic carbocycles. The van der Waals surface area contributed by atoms with Crippen molar-refractivity contribution in [2.24, 2.45) is 5.92 Å². The van der Waals surface area contributed by atoms with Gasteiger partial charge in [-0.15, -0.1) is 0 Å². The Morgan fingerprint density at radius 3 is 3.13 bits per heavy atom. The van der Waals surface area contributed by atoms with E-state index in [0.29, 0.717) is 0 Å². The first-order valence-electron chi connectivity index (χ1n) is 5.90. The number of rotatable bonds is 4. The fourth-order valence-corrected chi connectivity index (χ4v) is 2.35. The number of hydrogen-bond acceptors (Lipinski definition) is 3. The average molecular weight is 208 g/mol. The van der Waals surface area contributed by atoms with Crippen LogP contribution in [0.15, 0.2) is 12.7 Å². The van der Waals surface area contributed by atoms with Crippen molar-refractivity contribution in [3.63, 3.8) is 0 Å². The summed E-state index contributed by atoms with van der Waals surface area (Å²) in [5, 5.41) is 7.68. The maximum atomic E-state index is 4.08. The van der Waals surface area contributed by atoms with Crippen LogP contribution in [0.25, 0.3) is 0 Å². The van der Waals surface area contributed by atoms with Gasteiger partial charge in [-0.05, 0) is 18.8 Å². The summed E-state index contributed by atoms with van der Waals surface area (Å²) in [6, 6.07) is 0.720. The van der Waals surface area contributed by atoms with Gasteiger partial charge in [0.2, 0.25) is 0 Å². The third-order valence-corrected chi connectivity index (χ3v) is 3.18. The highest BCUT2D eigenvalue weighted by atomic mass is 15.3. The van der Waals surface area contributed by atoms with Crippen molar-refractivity contribution >= 4 is 0 Å². The highest BCUT2D eigenvalue weighted by molar-refractivity contribution is 4.75. The van der Waals surface area contributed by atoms with Crippen molar-refractivity contribution in [2.45, 2.75) is 45.2 Å². The van der Waals surface area contributed by atoms with Gasteiger partial charge in [0.25, 0.3) is 0 Å². The molecule has 4 nitrogen and oxygen atoms in total. The Hall–Kier alpha value is -0.900. The Kier molecular flexibility index (Phi) is 3.72. The normalized spacial score (nSPS) is 26.7. The van der Waals surface area contributed by atoms with E-state index in [-0.39, 0.29) is 0 Å². The van der Waals surface area contributed by atoms with Gasteiger partial charge in [0.05, 0.1) is 6.54 Å². The van der Waals surface area contributed by atoms with Crippen LogP contribution in [-0.2, 0) is 6.54 Å². The van der Waals surface area contributed by atoms with Crippen LogP contribution in [0.2, 0.25) is 0 Å². The van der Waals surface area contributed by atoms with Gasteiger partial charge in [0.1, 0.15) is 12.7 Å². The zero-order valence-corrected chi connectivity index (χ0v) is 9.39. The minimum atomic E-state index is 0.720. The third-order valence-electron chi connectivity index (χ3n) is 3.18. The second-order valence-corrected chi connectivity index (χ2v) is 4.58. The molecule has 2 unspecified atom stereocenters. The fourth-order valence-electron chi connectivity index (χ4n) is 2.35. The number of nitrogens with zero attached hydrogens (tertiary/aromatic N) is 3. The lowest BCUT2D eigenvalue weighted by molar-refractivity contribution is 0.298. The van der Waals surface area contributed by atoms with Gasteiger partial charge in [-0.1, -0.05) is 19.8 Å². The Morgan fingerprint density at radius 2 is 2.40 bits per heavy atom. The summed E-state index contributed by atoms with van der Waals surface area (Å²) in [6.07, 6.45) is 8.80. The number of nitrogens with one attached hydrogen (secondary N) is 1. The molecule has 1 heterocycles. The molecule has 0 radical (unpaired) electrons. The predicted octanol–water partition coefficient (Wildman–Crippen LogP) is 1.45. The van der Waals surface area contributed by atoms with Crippen LogP contribution in [0.4, 0.5) is 0 Å². The van der Waals surface area contributed by atoms with E-state index in [1.807, 2.05) is 4.68 Å². The van der Waals surface area contributed by atoms with Crippen LogP contribution in [0, 0.1) is 5.92 Å². The minimum absolute atomic E-state index is 0.720. The van der Waals surface area contributed by atoms with Gasteiger partial charge < -0.3 is 5.32 Å². The lowest BCUT2D eigenvalue weighted by Gasteiger charge is -2.27. The molecule has 15 heavy (non-hydrogen) atoms. The summed E-state index contributed by atoms with van der Waals surface area (Å²) < 4.78 is 1.87. The van der Waals surface area contributed by atoms with Crippen LogP contribution in [0.3, 0.4) is 0 Å². The van der Waals surface area contributed by atoms with Gasteiger partial charge >= 0.3 is 0 Å². The van der Waals surface area contributed by atoms with Crippen LogP contribution < -0.4 is 5.32 Å². The predicted molar refractivity (Wildman–Crippen MR) is 59.4 cm³/mol. The van der Waals surface area contributed by atoms with Crippen molar-refractivity contribution in [3.05, 3.63) is 12.7 Å². The lowest BCUT2D eigenvalue weighted by atomic mass is 9.87. The molecule has 2 atom stereocenters. The molecule has 1 aliphatic rings. The maximum Gasteiger partial charge on any atom is 0.137 e. The molecular weight excluding hydrogens is 188 g/mol. The Labute approximate surface area is 91.1 Å². The van der Waals surface area contributed by atoms with Crippen molar-refractivity contribution in [2.75, 3.05) is 6.54 Å². The van der Waals surface area contributed by atoms with E-state index in [4.69, 9.17) is 0 Å². The Bertz CT molecular complexity index is 270. The summed E-state index contributed by atoms with van der Waals surface area (Å²) in [7, 11) is 0. The topological polar surface area (TPSA) is 42.7 Å². The number of hydrogen-bond donors (Lipinski definition) is 1. The summed E-state index contributed by atoms with van der Waals surface area (Å²) in [5.74, 6) is 0.891. The van der Waals surface area contributed by atoms with Crippen LogP contribution >= 0.6 is 0 Å². The van der Waals surface area contributed by atoms with Crippen molar-refractivity contribution in [1.29, 1.82) is 0 Å². The molecule has 4 heteroatoms. The molecule has 2 rings (SSSR count). The average Bonchev–Trinajstić information content (AvgIpc) is 2.71. The van der Waals surface area contributed by atoms with Gasteiger partial charge in [0.15, 0.2) is 0 Å². The first-order valence-corrected chi connectivity index (χ1v) is 5.90. The van der Waals surface area contributed by atoms with Crippen LogP contribution in [0.5, 0.6) is 0 Å². The molecule has 1 saturated carbocycles. The van der Waals surface area contributed by atoms with Gasteiger partial charge in [-0.25, -0.2) is 4.98 Å². The van der Waals surface area contributed by atoms with Crippen LogP contribution in [0.1, 0.15) is 32.6 Å². The summed E-state index contributed by atoms with van der Waals surface area (Å²) >= 11 is 0. The molecule has 0 spiro atoms. The van der Waals surface area contributed by atoms with Gasteiger partial charge in [-0.3, -0.25) is 4.68 Å². The van der Waals surface area contributed by atoms with Crippen molar-refractivity contribution < 1.29 is 0 Å². The highest BCUT2D eigenvalue weighted by Crippen LogP contribution is 2.23. The van der Waals surface area contributed by atoms with E-state index < -0.39 is 0 Å². The SMILES string of the molecule is CC1CCCC(NCCn2cncn2)C1. The molecule has 1 aromatic rings. The quantitative estimate of drug-likeness (QED) is 0.814. The molecule has 1 aliphatic carbocycles. The molecule has 84 valence electrons. The van der Waals surface area contributed by atoms with Gasteiger partial charge in [-0.2, -0.15) is 5.10 Å². The maximum absolute atomic E-state index is 4.08. The molecule has 1 fully saturated rings. The van der Waals surface area contributed by atoms with E-state index in [1.165, 1.54) is 25.7 Å². The molecule has 1 N–H and O–H groups in total. The zero-order valence-electron chi connectivity index (χ0n) is 9.39. The second kappa shape index (κ2) is 5.26. The standard InChI is InChI=1S/C11H20N4/c1-10-3-2-4-11(7-10)13-5-6-15-9-12-8-14-15/h8-11,13H,2-7H2,1H3. The second-order valence-electron chi connectivity index (χ2n) is 4.58. The highest BCUT2D eigenvalue weighted by Gasteiger charge is 2.17. The monoisotopic (exact) mass is 208 g/mol. The van der Waals surface area contributed by atoms with Crippen molar-refractivity contribution in [3.8, 4) is 0 Å². The zero-order chi connectivity index (χ0) is 10.5. The van der Waals surface area contributed by atoms with E-state index >= 15 is 0 Å². The van der Waals surface area contributed by atoms with Crippen LogP contribution in [-0.4, -0.2) is 27.4 Å². The Balaban J connectivity index is 1.65. The molecule has 0 aliphatic heterocycles. The molecule has 0 bridgehead atoms. The van der Waals surface area contributed by atoms with E-state index in [0.717, 1.165) is 25.0 Å². The first kappa shape index (κ1) is 10.6. The summed E-state index contributed by atoms with van der Waals surface area (Å²) in [6.45, 7) is 4.27. The molecule has 0 saturated heterocycles. The molecule has 0 amide bonds.